The molecule has 5 heteroatoms. The molecule has 4 rings (SSSR count). The number of benzene rings is 3. The van der Waals surface area contributed by atoms with Gasteiger partial charge in [0.25, 0.3) is 0 Å². The van der Waals surface area contributed by atoms with E-state index in [0.717, 1.165) is 0 Å². The van der Waals surface area contributed by atoms with Crippen LogP contribution in [0.25, 0.3) is 0 Å². The van der Waals surface area contributed by atoms with Crippen LogP contribution in [0.15, 0.2) is 93.5 Å². The molecule has 0 aromatic heterocycles. The summed E-state index contributed by atoms with van der Waals surface area (Å²) in [6.45, 7) is 0. The van der Waals surface area contributed by atoms with Crippen molar-refractivity contribution in [3.8, 4) is 5.75 Å². The summed E-state index contributed by atoms with van der Waals surface area (Å²) < 4.78 is 5.59. The van der Waals surface area contributed by atoms with Crippen LogP contribution in [0.1, 0.15) is 43.6 Å². The molecule has 2 nitrogen and oxygen atoms in total. The van der Waals surface area contributed by atoms with Gasteiger partial charge >= 0.3 is 5.97 Å². The lowest BCUT2D eigenvalue weighted by Gasteiger charge is -2.22. The molecular weight excluding hydrogens is 560 g/mol. The average molecular weight is 589 g/mol. The Morgan fingerprint density at radius 1 is 0.788 bits per heavy atom. The van der Waals surface area contributed by atoms with Gasteiger partial charge in [-0.1, -0.05) is 81.5 Å². The Kier molecular flexibility index (Phi) is 9.10. The van der Waals surface area contributed by atoms with Crippen molar-refractivity contribution in [1.29, 1.82) is 0 Å². The minimum Gasteiger partial charge on any atom is -0.426 e. The molecule has 33 heavy (non-hydrogen) atoms. The lowest BCUT2D eigenvalue weighted by Crippen LogP contribution is -2.23. The standard InChI is InChI=1S/C28H29Br2O2S/c29-19-23(20-30)28(31)32-24-13-17-27(18-14-24)33(25-9-5-2-6-10-25)26-15-11-22(12-16-26)21-7-3-1-4-8-21/h2,5-6,9-18,21,23H,1,3-4,7-8,19-20H2/q+1. The van der Waals surface area contributed by atoms with E-state index in [1.165, 1.54) is 52.4 Å². The van der Waals surface area contributed by atoms with Gasteiger partial charge in [-0.25, -0.2) is 0 Å². The molecular formula is C28H29Br2O2S+. The van der Waals surface area contributed by atoms with Gasteiger partial charge in [-0.3, -0.25) is 4.79 Å². The van der Waals surface area contributed by atoms with Gasteiger partial charge in [-0.15, -0.1) is 0 Å². The average Bonchev–Trinajstić information content (AvgIpc) is 2.88. The van der Waals surface area contributed by atoms with Gasteiger partial charge in [0.15, 0.2) is 14.7 Å². The SMILES string of the molecule is O=C(Oc1ccc([S+](c2ccccc2)c2ccc(C3CCCCC3)cc2)cc1)C(CBr)CBr. The Hall–Kier alpha value is -1.56. The monoisotopic (exact) mass is 587 g/mol. The van der Waals surface area contributed by atoms with E-state index in [1.54, 1.807) is 0 Å². The van der Waals surface area contributed by atoms with Crippen molar-refractivity contribution in [3.63, 3.8) is 0 Å². The summed E-state index contributed by atoms with van der Waals surface area (Å²) in [5.74, 6) is 0.867. The van der Waals surface area contributed by atoms with Crippen LogP contribution in [0.5, 0.6) is 5.75 Å². The highest BCUT2D eigenvalue weighted by Crippen LogP contribution is 2.36. The summed E-state index contributed by atoms with van der Waals surface area (Å²) in [6, 6.07) is 27.9. The Bertz CT molecular complexity index is 1010. The normalized spacial score (nSPS) is 15.4. The van der Waals surface area contributed by atoms with Crippen molar-refractivity contribution < 1.29 is 9.53 Å². The Morgan fingerprint density at radius 2 is 1.33 bits per heavy atom. The molecule has 172 valence electrons. The lowest BCUT2D eigenvalue weighted by molar-refractivity contribution is -0.137. The summed E-state index contributed by atoms with van der Waals surface area (Å²) >= 11 is 6.75. The summed E-state index contributed by atoms with van der Waals surface area (Å²) in [5, 5.41) is 1.15. The number of rotatable bonds is 8. The largest absolute Gasteiger partial charge is 0.426 e. The second-order valence-electron chi connectivity index (χ2n) is 8.42. The first-order chi connectivity index (χ1) is 16.2. The van der Waals surface area contributed by atoms with Crippen LogP contribution in [0.3, 0.4) is 0 Å². The predicted molar refractivity (Wildman–Crippen MR) is 144 cm³/mol. The predicted octanol–water partition coefficient (Wildman–Crippen LogP) is 8.14. The molecule has 0 bridgehead atoms. The van der Waals surface area contributed by atoms with Crippen molar-refractivity contribution in [2.75, 3.05) is 10.7 Å². The van der Waals surface area contributed by atoms with Gasteiger partial charge in [0, 0.05) is 10.7 Å². The van der Waals surface area contributed by atoms with Crippen molar-refractivity contribution in [2.24, 2.45) is 5.92 Å². The maximum absolute atomic E-state index is 12.3. The number of esters is 1. The van der Waals surface area contributed by atoms with Gasteiger partial charge in [-0.05, 0) is 72.9 Å². The third kappa shape index (κ3) is 6.32. The van der Waals surface area contributed by atoms with Crippen LogP contribution < -0.4 is 4.74 Å². The highest BCUT2D eigenvalue weighted by Gasteiger charge is 2.29. The number of halogens is 2. The first-order valence-corrected chi connectivity index (χ1v) is 15.0. The van der Waals surface area contributed by atoms with E-state index in [2.05, 4.69) is 98.6 Å². The van der Waals surface area contributed by atoms with Crippen molar-refractivity contribution >= 4 is 48.7 Å². The number of hydrogen-bond acceptors (Lipinski definition) is 2. The molecule has 0 radical (unpaired) electrons. The third-order valence-corrected chi connectivity index (χ3v) is 9.95. The molecule has 1 saturated carbocycles. The maximum Gasteiger partial charge on any atom is 0.316 e. The molecule has 3 aromatic carbocycles. The van der Waals surface area contributed by atoms with Gasteiger partial charge in [0.2, 0.25) is 0 Å². The number of alkyl halides is 2. The molecule has 1 aliphatic rings. The number of hydrogen-bond donors (Lipinski definition) is 0. The van der Waals surface area contributed by atoms with Crippen molar-refractivity contribution in [2.45, 2.75) is 52.7 Å². The molecule has 0 N–H and O–H groups in total. The van der Waals surface area contributed by atoms with Crippen molar-refractivity contribution in [3.05, 3.63) is 84.4 Å². The molecule has 0 spiro atoms. The van der Waals surface area contributed by atoms with Crippen LogP contribution >= 0.6 is 31.9 Å². The highest BCUT2D eigenvalue weighted by atomic mass is 79.9. The van der Waals surface area contributed by atoms with E-state index in [1.807, 2.05) is 12.1 Å². The Morgan fingerprint density at radius 3 is 1.91 bits per heavy atom. The first-order valence-electron chi connectivity index (χ1n) is 11.5. The fourth-order valence-electron chi connectivity index (χ4n) is 4.29. The minimum absolute atomic E-state index is 0.203. The van der Waals surface area contributed by atoms with E-state index in [9.17, 15) is 4.79 Å². The van der Waals surface area contributed by atoms with Crippen LogP contribution in [-0.4, -0.2) is 16.6 Å². The lowest BCUT2D eigenvalue weighted by atomic mass is 9.84. The van der Waals surface area contributed by atoms with Crippen LogP contribution in [-0.2, 0) is 15.7 Å². The fourth-order valence-corrected chi connectivity index (χ4v) is 7.95. The van der Waals surface area contributed by atoms with Crippen LogP contribution in [0.2, 0.25) is 0 Å². The van der Waals surface area contributed by atoms with Crippen molar-refractivity contribution in [1.82, 2.24) is 0 Å². The minimum atomic E-state index is -0.225. The molecule has 1 fully saturated rings. The molecule has 0 saturated heterocycles. The number of carbonyl (C=O) groups excluding carboxylic acids is 1. The third-order valence-electron chi connectivity index (χ3n) is 6.16. The zero-order chi connectivity index (χ0) is 23.0. The van der Waals surface area contributed by atoms with E-state index in [-0.39, 0.29) is 22.8 Å². The van der Waals surface area contributed by atoms with Gasteiger partial charge in [-0.2, -0.15) is 0 Å². The van der Waals surface area contributed by atoms with E-state index >= 15 is 0 Å². The van der Waals surface area contributed by atoms with Gasteiger partial charge in [0.1, 0.15) is 5.75 Å². The zero-order valence-corrected chi connectivity index (χ0v) is 22.6. The number of carbonyl (C=O) groups is 1. The Balaban J connectivity index is 1.58. The second kappa shape index (κ2) is 12.2. The van der Waals surface area contributed by atoms with Crippen LogP contribution in [0.4, 0.5) is 0 Å². The second-order valence-corrected chi connectivity index (χ2v) is 11.7. The summed E-state index contributed by atoms with van der Waals surface area (Å²) in [6.07, 6.45) is 6.71. The maximum atomic E-state index is 12.3. The smallest absolute Gasteiger partial charge is 0.316 e. The molecule has 1 atom stereocenters. The first kappa shape index (κ1) is 24.6. The van der Waals surface area contributed by atoms with E-state index < -0.39 is 0 Å². The summed E-state index contributed by atoms with van der Waals surface area (Å²) in [4.78, 5) is 16.1. The van der Waals surface area contributed by atoms with Gasteiger partial charge in [0.05, 0.1) is 16.8 Å². The van der Waals surface area contributed by atoms with Gasteiger partial charge < -0.3 is 4.74 Å². The summed E-state index contributed by atoms with van der Waals surface area (Å²) in [5.41, 5.74) is 1.48. The molecule has 1 unspecified atom stereocenters. The zero-order valence-electron chi connectivity index (χ0n) is 18.6. The topological polar surface area (TPSA) is 26.3 Å². The van der Waals surface area contributed by atoms with E-state index in [0.29, 0.717) is 22.3 Å². The van der Waals surface area contributed by atoms with Crippen LogP contribution in [0, 0.1) is 5.92 Å². The Labute approximate surface area is 216 Å². The quantitative estimate of drug-likeness (QED) is 0.115. The molecule has 3 aromatic rings. The van der Waals surface area contributed by atoms with E-state index in [4.69, 9.17) is 4.74 Å². The highest BCUT2D eigenvalue weighted by molar-refractivity contribution is 9.09. The molecule has 0 amide bonds. The number of ether oxygens (including phenoxy) is 1. The molecule has 0 aliphatic heterocycles. The molecule has 1 aliphatic carbocycles. The summed E-state index contributed by atoms with van der Waals surface area (Å²) in [7, 11) is -0.216. The fraction of sp³-hybridized carbons (Fsp3) is 0.321. The molecule has 0 heterocycles.